The molecular weight excluding hydrogens is 266 g/mol. The Morgan fingerprint density at radius 1 is 1.42 bits per heavy atom. The van der Waals surface area contributed by atoms with Crippen LogP contribution in [-0.4, -0.2) is 41.0 Å². The molecule has 0 bridgehead atoms. The highest BCUT2D eigenvalue weighted by atomic mass is 32.2. The minimum absolute atomic E-state index is 0.105. The van der Waals surface area contributed by atoms with Crippen LogP contribution in [0, 0.1) is 0 Å². The topological polar surface area (TPSA) is 91.0 Å². The molecule has 1 saturated carbocycles. The van der Waals surface area contributed by atoms with Crippen LogP contribution in [0.3, 0.4) is 0 Å². The summed E-state index contributed by atoms with van der Waals surface area (Å²) in [5, 5.41) is 6.39. The van der Waals surface area contributed by atoms with Crippen molar-refractivity contribution < 1.29 is 8.42 Å². The Kier molecular flexibility index (Phi) is 4.54. The average molecular weight is 287 g/mol. The van der Waals surface area contributed by atoms with E-state index in [2.05, 4.69) is 19.9 Å². The van der Waals surface area contributed by atoms with Gasteiger partial charge in [-0.1, -0.05) is 19.3 Å². The van der Waals surface area contributed by atoms with Gasteiger partial charge in [-0.15, -0.1) is 0 Å². The van der Waals surface area contributed by atoms with Crippen LogP contribution in [0.2, 0.25) is 0 Å². The van der Waals surface area contributed by atoms with Gasteiger partial charge in [0.25, 0.3) is 10.2 Å². The van der Waals surface area contributed by atoms with Crippen molar-refractivity contribution in [3.05, 3.63) is 12.2 Å². The van der Waals surface area contributed by atoms with E-state index in [4.69, 9.17) is 0 Å². The van der Waals surface area contributed by atoms with Crippen LogP contribution in [0.15, 0.2) is 6.33 Å². The third-order valence-electron chi connectivity index (χ3n) is 3.64. The molecule has 1 aromatic heterocycles. The average Bonchev–Trinajstić information content (AvgIpc) is 2.92. The van der Waals surface area contributed by atoms with Crippen molar-refractivity contribution in [3.63, 3.8) is 0 Å². The van der Waals surface area contributed by atoms with Crippen LogP contribution in [0.1, 0.15) is 50.9 Å². The Balaban J connectivity index is 2.00. The molecule has 0 aromatic carbocycles. The molecular formula is C11H21N5O2S. The second-order valence-electron chi connectivity index (χ2n) is 5.02. The van der Waals surface area contributed by atoms with Crippen molar-refractivity contribution in [2.45, 2.75) is 51.1 Å². The zero-order valence-electron chi connectivity index (χ0n) is 11.3. The van der Waals surface area contributed by atoms with Gasteiger partial charge < -0.3 is 0 Å². The summed E-state index contributed by atoms with van der Waals surface area (Å²) in [6, 6.07) is -0.313. The van der Waals surface area contributed by atoms with Crippen molar-refractivity contribution in [3.8, 4) is 0 Å². The second-order valence-corrected chi connectivity index (χ2v) is 6.79. The number of nitrogens with zero attached hydrogens (tertiary/aromatic N) is 3. The fourth-order valence-electron chi connectivity index (χ4n) is 2.43. The van der Waals surface area contributed by atoms with Crippen LogP contribution >= 0.6 is 0 Å². The molecule has 0 spiro atoms. The molecule has 7 nitrogen and oxygen atoms in total. The predicted molar refractivity (Wildman–Crippen MR) is 71.5 cm³/mol. The van der Waals surface area contributed by atoms with Gasteiger partial charge in [0.1, 0.15) is 12.2 Å². The summed E-state index contributed by atoms with van der Waals surface area (Å²) in [6.07, 6.45) is 6.64. The summed E-state index contributed by atoms with van der Waals surface area (Å²) < 4.78 is 28.7. The first-order chi connectivity index (χ1) is 9.00. The minimum Gasteiger partial charge on any atom is -0.262 e. The highest BCUT2D eigenvalue weighted by molar-refractivity contribution is 7.87. The zero-order chi connectivity index (χ0) is 13.9. The summed E-state index contributed by atoms with van der Waals surface area (Å²) in [6.45, 7) is 1.74. The molecule has 0 radical (unpaired) electrons. The number of aromatic nitrogens is 3. The lowest BCUT2D eigenvalue weighted by atomic mass is 9.96. The van der Waals surface area contributed by atoms with Gasteiger partial charge in [-0.25, -0.2) is 4.98 Å². The summed E-state index contributed by atoms with van der Waals surface area (Å²) in [4.78, 5) is 3.96. The largest absolute Gasteiger partial charge is 0.280 e. The normalized spacial score (nSPS) is 19.7. The zero-order valence-corrected chi connectivity index (χ0v) is 12.2. The van der Waals surface area contributed by atoms with Crippen LogP contribution in [0.25, 0.3) is 0 Å². The lowest BCUT2D eigenvalue weighted by molar-refractivity contribution is 0.281. The predicted octanol–water partition coefficient (Wildman–Crippen LogP) is 0.965. The van der Waals surface area contributed by atoms with Crippen LogP contribution < -0.4 is 4.72 Å². The smallest absolute Gasteiger partial charge is 0.262 e. The van der Waals surface area contributed by atoms with E-state index >= 15 is 0 Å². The summed E-state index contributed by atoms with van der Waals surface area (Å²) in [5.74, 6) is 0.514. The van der Waals surface area contributed by atoms with Crippen molar-refractivity contribution >= 4 is 10.2 Å². The first-order valence-corrected chi connectivity index (χ1v) is 8.05. The third kappa shape index (κ3) is 3.52. The van der Waals surface area contributed by atoms with Gasteiger partial charge in [0, 0.05) is 13.1 Å². The minimum atomic E-state index is -3.49. The van der Waals surface area contributed by atoms with Crippen molar-refractivity contribution in [2.75, 3.05) is 7.05 Å². The molecule has 2 N–H and O–H groups in total. The fraction of sp³-hybridized carbons (Fsp3) is 0.818. The van der Waals surface area contributed by atoms with Crippen molar-refractivity contribution in [1.29, 1.82) is 0 Å². The van der Waals surface area contributed by atoms with Crippen LogP contribution in [-0.2, 0) is 10.2 Å². The maximum Gasteiger partial charge on any atom is 0.280 e. The first kappa shape index (κ1) is 14.4. The van der Waals surface area contributed by atoms with Gasteiger partial charge in [-0.05, 0) is 19.8 Å². The Hall–Kier alpha value is -0.990. The monoisotopic (exact) mass is 287 g/mol. The number of hydrogen-bond acceptors (Lipinski definition) is 4. The highest BCUT2D eigenvalue weighted by Gasteiger charge is 2.29. The van der Waals surface area contributed by atoms with E-state index in [1.807, 2.05) is 0 Å². The quantitative estimate of drug-likeness (QED) is 0.844. The molecule has 1 fully saturated rings. The van der Waals surface area contributed by atoms with Crippen LogP contribution in [0.4, 0.5) is 0 Å². The number of rotatable bonds is 5. The highest BCUT2D eigenvalue weighted by Crippen LogP contribution is 2.23. The molecule has 1 aliphatic carbocycles. The standard InChI is InChI=1S/C11H21N5O2S/c1-9(11-12-8-13-14-11)15-19(17,18)16(2)10-6-4-3-5-7-10/h8-10,15H,3-7H2,1-2H3,(H,12,13,14). The van der Waals surface area contributed by atoms with Crippen molar-refractivity contribution in [2.24, 2.45) is 0 Å². The SMILES string of the molecule is CC(NS(=O)(=O)N(C)C1CCCCC1)c1ncn[nH]1. The lowest BCUT2D eigenvalue weighted by Crippen LogP contribution is -2.45. The van der Waals surface area contributed by atoms with E-state index in [-0.39, 0.29) is 6.04 Å². The lowest BCUT2D eigenvalue weighted by Gasteiger charge is -2.31. The van der Waals surface area contributed by atoms with E-state index in [1.165, 1.54) is 17.1 Å². The number of H-pyrrole nitrogens is 1. The molecule has 0 amide bonds. The van der Waals surface area contributed by atoms with Crippen LogP contribution in [0.5, 0.6) is 0 Å². The Labute approximate surface area is 114 Å². The summed E-state index contributed by atoms with van der Waals surface area (Å²) in [5.41, 5.74) is 0. The Bertz CT molecular complexity index is 481. The van der Waals surface area contributed by atoms with E-state index in [9.17, 15) is 8.42 Å². The Morgan fingerprint density at radius 3 is 2.68 bits per heavy atom. The molecule has 1 aromatic rings. The number of aromatic amines is 1. The molecule has 19 heavy (non-hydrogen) atoms. The van der Waals surface area contributed by atoms with E-state index in [0.717, 1.165) is 25.7 Å². The van der Waals surface area contributed by atoms with E-state index < -0.39 is 16.3 Å². The summed E-state index contributed by atoms with van der Waals surface area (Å²) >= 11 is 0. The second kappa shape index (κ2) is 5.98. The number of nitrogens with one attached hydrogen (secondary N) is 2. The van der Waals surface area contributed by atoms with E-state index in [1.54, 1.807) is 14.0 Å². The van der Waals surface area contributed by atoms with Crippen molar-refractivity contribution in [1.82, 2.24) is 24.2 Å². The third-order valence-corrected chi connectivity index (χ3v) is 5.35. The molecule has 2 rings (SSSR count). The van der Waals surface area contributed by atoms with Gasteiger partial charge >= 0.3 is 0 Å². The van der Waals surface area contributed by atoms with Gasteiger partial charge in [0.2, 0.25) is 0 Å². The molecule has 1 atom stereocenters. The molecule has 1 heterocycles. The number of hydrogen-bond donors (Lipinski definition) is 2. The first-order valence-electron chi connectivity index (χ1n) is 6.61. The molecule has 1 aliphatic rings. The van der Waals surface area contributed by atoms with Gasteiger partial charge in [-0.2, -0.15) is 22.5 Å². The molecule has 0 saturated heterocycles. The Morgan fingerprint density at radius 2 is 2.11 bits per heavy atom. The van der Waals surface area contributed by atoms with Gasteiger partial charge in [0.15, 0.2) is 0 Å². The fourth-order valence-corrected chi connectivity index (χ4v) is 3.75. The molecule has 1 unspecified atom stereocenters. The maximum absolute atomic E-state index is 12.3. The molecule has 108 valence electrons. The van der Waals surface area contributed by atoms with E-state index in [0.29, 0.717) is 5.82 Å². The summed E-state index contributed by atoms with van der Waals surface area (Å²) in [7, 11) is -1.85. The van der Waals surface area contributed by atoms with Gasteiger partial charge in [0.05, 0.1) is 6.04 Å². The van der Waals surface area contributed by atoms with Gasteiger partial charge in [-0.3, -0.25) is 5.10 Å². The molecule has 8 heteroatoms. The maximum atomic E-state index is 12.3. The molecule has 0 aliphatic heterocycles.